The fourth-order valence-corrected chi connectivity index (χ4v) is 2.17. The normalized spacial score (nSPS) is 10.5. The lowest BCUT2D eigenvalue weighted by Crippen LogP contribution is -2.32. The molecule has 96 valence electrons. The minimum absolute atomic E-state index is 0.0394. The summed E-state index contributed by atoms with van der Waals surface area (Å²) in [5, 5.41) is 0.523. The van der Waals surface area contributed by atoms with Crippen molar-refractivity contribution in [1.29, 1.82) is 0 Å². The summed E-state index contributed by atoms with van der Waals surface area (Å²) >= 11 is 1.20. The van der Waals surface area contributed by atoms with Crippen molar-refractivity contribution in [3.63, 3.8) is 0 Å². The predicted octanol–water partition coefficient (Wildman–Crippen LogP) is 2.89. The van der Waals surface area contributed by atoms with Crippen LogP contribution in [0.25, 0.3) is 0 Å². The van der Waals surface area contributed by atoms with E-state index in [1.165, 1.54) is 11.5 Å². The van der Waals surface area contributed by atoms with Crippen LogP contribution in [0.5, 0.6) is 0 Å². The molecule has 0 saturated heterocycles. The molecule has 0 spiro atoms. The van der Waals surface area contributed by atoms with Gasteiger partial charge in [0.25, 0.3) is 5.91 Å². The van der Waals surface area contributed by atoms with Crippen molar-refractivity contribution in [2.24, 2.45) is 0 Å². The van der Waals surface area contributed by atoms with Crippen LogP contribution < -0.4 is 0 Å². The van der Waals surface area contributed by atoms with E-state index in [0.29, 0.717) is 10.8 Å². The van der Waals surface area contributed by atoms with Crippen molar-refractivity contribution < 1.29 is 4.79 Å². The Morgan fingerprint density at radius 1 is 1.24 bits per heavy atom. The zero-order valence-electron chi connectivity index (χ0n) is 10.9. The number of carbonyl (C=O) groups is 1. The van der Waals surface area contributed by atoms with E-state index in [9.17, 15) is 4.79 Å². The molecule has 17 heavy (non-hydrogen) atoms. The summed E-state index contributed by atoms with van der Waals surface area (Å²) in [5.41, 5.74) is 0. The first kappa shape index (κ1) is 14.1. The van der Waals surface area contributed by atoms with E-state index in [0.717, 1.165) is 38.8 Å². The van der Waals surface area contributed by atoms with Crippen molar-refractivity contribution in [2.45, 2.75) is 46.5 Å². The lowest BCUT2D eigenvalue weighted by molar-refractivity contribution is 0.0750. The molecule has 0 aliphatic carbocycles. The maximum Gasteiger partial charge on any atom is 0.284 e. The molecule has 1 rings (SSSR count). The molecular weight excluding hydrogens is 234 g/mol. The fraction of sp³-hybridized carbons (Fsp3) is 0.750. The minimum atomic E-state index is 0.0394. The molecule has 0 bridgehead atoms. The second-order valence-corrected chi connectivity index (χ2v) is 4.90. The molecule has 0 aromatic carbocycles. The Morgan fingerprint density at radius 2 is 1.82 bits per heavy atom. The highest BCUT2D eigenvalue weighted by Gasteiger charge is 2.18. The standard InChI is InChI=1S/C12H21N3OS/c1-4-6-8-15(9-7-5-2)12(16)11-13-10(3)14-17-11/h4-9H2,1-3H3. The second-order valence-electron chi connectivity index (χ2n) is 4.15. The summed E-state index contributed by atoms with van der Waals surface area (Å²) in [7, 11) is 0. The van der Waals surface area contributed by atoms with Gasteiger partial charge in [-0.2, -0.15) is 4.37 Å². The molecular formula is C12H21N3OS. The molecule has 5 heteroatoms. The van der Waals surface area contributed by atoms with Gasteiger partial charge >= 0.3 is 0 Å². The van der Waals surface area contributed by atoms with Gasteiger partial charge in [0.1, 0.15) is 5.82 Å². The predicted molar refractivity (Wildman–Crippen MR) is 70.4 cm³/mol. The maximum atomic E-state index is 12.2. The Labute approximate surface area is 107 Å². The van der Waals surface area contributed by atoms with Gasteiger partial charge in [-0.1, -0.05) is 26.7 Å². The molecule has 1 aromatic heterocycles. The lowest BCUT2D eigenvalue weighted by Gasteiger charge is -2.20. The second kappa shape index (κ2) is 7.37. The van der Waals surface area contributed by atoms with Gasteiger partial charge in [0.2, 0.25) is 5.01 Å². The van der Waals surface area contributed by atoms with Crippen LogP contribution in [0.1, 0.15) is 55.2 Å². The van der Waals surface area contributed by atoms with E-state index >= 15 is 0 Å². The van der Waals surface area contributed by atoms with Crippen molar-refractivity contribution in [1.82, 2.24) is 14.3 Å². The number of aromatic nitrogens is 2. The summed E-state index contributed by atoms with van der Waals surface area (Å²) in [6.07, 6.45) is 4.30. The van der Waals surface area contributed by atoms with Gasteiger partial charge < -0.3 is 4.90 Å². The smallest absolute Gasteiger partial charge is 0.284 e. The van der Waals surface area contributed by atoms with Crippen molar-refractivity contribution in [3.05, 3.63) is 10.8 Å². The first-order chi connectivity index (χ1) is 8.19. The van der Waals surface area contributed by atoms with Crippen LogP contribution in [0.4, 0.5) is 0 Å². The van der Waals surface area contributed by atoms with Crippen LogP contribution in [-0.2, 0) is 0 Å². The van der Waals surface area contributed by atoms with Crippen LogP contribution >= 0.6 is 11.5 Å². The average molecular weight is 255 g/mol. The number of rotatable bonds is 7. The number of carbonyl (C=O) groups excluding carboxylic acids is 1. The summed E-state index contributed by atoms with van der Waals surface area (Å²) in [6, 6.07) is 0. The number of unbranched alkanes of at least 4 members (excludes halogenated alkanes) is 2. The lowest BCUT2D eigenvalue weighted by atomic mass is 10.2. The number of aryl methyl sites for hydroxylation is 1. The van der Waals surface area contributed by atoms with E-state index in [-0.39, 0.29) is 5.91 Å². The van der Waals surface area contributed by atoms with Gasteiger partial charge in [-0.3, -0.25) is 4.79 Å². The molecule has 4 nitrogen and oxygen atoms in total. The Morgan fingerprint density at radius 3 is 2.24 bits per heavy atom. The Hall–Kier alpha value is -0.970. The SMILES string of the molecule is CCCCN(CCCC)C(=O)c1nc(C)ns1. The molecule has 0 aliphatic heterocycles. The summed E-state index contributed by atoms with van der Waals surface area (Å²) in [6.45, 7) is 7.74. The third-order valence-electron chi connectivity index (χ3n) is 2.56. The van der Waals surface area contributed by atoms with Gasteiger partial charge in [-0.05, 0) is 31.3 Å². The minimum Gasteiger partial charge on any atom is -0.337 e. The molecule has 1 amide bonds. The van der Waals surface area contributed by atoms with E-state index in [1.807, 2.05) is 11.8 Å². The third-order valence-corrected chi connectivity index (χ3v) is 3.36. The van der Waals surface area contributed by atoms with Gasteiger partial charge in [0, 0.05) is 13.1 Å². The fourth-order valence-electron chi connectivity index (χ4n) is 1.53. The van der Waals surface area contributed by atoms with E-state index in [2.05, 4.69) is 23.2 Å². The van der Waals surface area contributed by atoms with Crippen LogP contribution in [0, 0.1) is 6.92 Å². The highest BCUT2D eigenvalue weighted by atomic mass is 32.1. The molecule has 0 unspecified atom stereocenters. The average Bonchev–Trinajstić information content (AvgIpc) is 2.75. The third kappa shape index (κ3) is 4.42. The van der Waals surface area contributed by atoms with Crippen molar-refractivity contribution >= 4 is 17.4 Å². The number of nitrogens with zero attached hydrogens (tertiary/aromatic N) is 3. The largest absolute Gasteiger partial charge is 0.337 e. The molecule has 0 saturated carbocycles. The molecule has 0 aliphatic rings. The van der Waals surface area contributed by atoms with Gasteiger partial charge in [0.05, 0.1) is 0 Å². The van der Waals surface area contributed by atoms with Gasteiger partial charge in [-0.15, -0.1) is 0 Å². The summed E-state index contributed by atoms with van der Waals surface area (Å²) in [5.74, 6) is 0.724. The van der Waals surface area contributed by atoms with Crippen LogP contribution in [0.2, 0.25) is 0 Å². The van der Waals surface area contributed by atoms with Crippen LogP contribution in [-0.4, -0.2) is 33.3 Å². The monoisotopic (exact) mass is 255 g/mol. The maximum absolute atomic E-state index is 12.2. The first-order valence-corrected chi connectivity index (χ1v) is 7.06. The summed E-state index contributed by atoms with van der Waals surface area (Å²) < 4.78 is 4.06. The highest BCUT2D eigenvalue weighted by molar-refractivity contribution is 7.07. The Bertz CT molecular complexity index is 343. The first-order valence-electron chi connectivity index (χ1n) is 6.28. The molecule has 0 atom stereocenters. The zero-order valence-corrected chi connectivity index (χ0v) is 11.7. The number of hydrogen-bond donors (Lipinski definition) is 0. The van der Waals surface area contributed by atoms with E-state index < -0.39 is 0 Å². The van der Waals surface area contributed by atoms with Gasteiger partial charge in [0.15, 0.2) is 0 Å². The number of hydrogen-bond acceptors (Lipinski definition) is 4. The Balaban J connectivity index is 2.64. The van der Waals surface area contributed by atoms with Crippen LogP contribution in [0.15, 0.2) is 0 Å². The van der Waals surface area contributed by atoms with E-state index in [4.69, 9.17) is 0 Å². The zero-order chi connectivity index (χ0) is 12.7. The molecule has 1 aromatic rings. The quantitative estimate of drug-likeness (QED) is 0.752. The molecule has 0 fully saturated rings. The summed E-state index contributed by atoms with van der Waals surface area (Å²) in [4.78, 5) is 18.3. The molecule has 0 N–H and O–H groups in total. The van der Waals surface area contributed by atoms with Crippen molar-refractivity contribution in [2.75, 3.05) is 13.1 Å². The van der Waals surface area contributed by atoms with Crippen LogP contribution in [0.3, 0.4) is 0 Å². The topological polar surface area (TPSA) is 46.1 Å². The number of amides is 1. The van der Waals surface area contributed by atoms with Crippen molar-refractivity contribution in [3.8, 4) is 0 Å². The van der Waals surface area contributed by atoms with Gasteiger partial charge in [-0.25, -0.2) is 4.98 Å². The van der Waals surface area contributed by atoms with E-state index in [1.54, 1.807) is 0 Å². The molecule has 0 radical (unpaired) electrons. The Kier molecular flexibility index (Phi) is 6.11. The molecule has 1 heterocycles. The highest BCUT2D eigenvalue weighted by Crippen LogP contribution is 2.10.